The van der Waals surface area contributed by atoms with Gasteiger partial charge < -0.3 is 0 Å². The quantitative estimate of drug-likeness (QED) is 0.368. The molecule has 1 fully saturated rings. The maximum Gasteiger partial charge on any atom is 0.129 e. The average molecular weight is 402 g/mol. The third kappa shape index (κ3) is 3.99. The number of fused-ring (bicyclic) bond motifs is 3. The Balaban J connectivity index is 1.76. The van der Waals surface area contributed by atoms with Gasteiger partial charge in [-0.3, -0.25) is 0 Å². The summed E-state index contributed by atoms with van der Waals surface area (Å²) in [6.45, 7) is 2.11. The van der Waals surface area contributed by atoms with Gasteiger partial charge in [-0.25, -0.2) is 17.6 Å². The molecule has 0 bridgehead atoms. The molecule has 29 heavy (non-hydrogen) atoms. The molecule has 0 radical (unpaired) electrons. The summed E-state index contributed by atoms with van der Waals surface area (Å²) in [6, 6.07) is 6.17. The molecular weight excluding hydrogens is 376 g/mol. The van der Waals surface area contributed by atoms with Crippen molar-refractivity contribution in [2.75, 3.05) is 0 Å². The summed E-state index contributed by atoms with van der Waals surface area (Å²) in [5, 5.41) is 0. The van der Waals surface area contributed by atoms with E-state index in [0.717, 1.165) is 49.8 Å². The highest BCUT2D eigenvalue weighted by molar-refractivity contribution is 5.38. The summed E-state index contributed by atoms with van der Waals surface area (Å²) in [4.78, 5) is 0. The maximum absolute atomic E-state index is 14.3. The van der Waals surface area contributed by atoms with Crippen molar-refractivity contribution in [1.82, 2.24) is 0 Å². The van der Waals surface area contributed by atoms with E-state index in [0.29, 0.717) is 17.5 Å². The van der Waals surface area contributed by atoms with Gasteiger partial charge in [0.1, 0.15) is 23.3 Å². The van der Waals surface area contributed by atoms with E-state index in [2.05, 4.69) is 19.1 Å². The molecule has 0 unspecified atom stereocenters. The maximum atomic E-state index is 14.3. The Hall–Kier alpha value is -2.10. The van der Waals surface area contributed by atoms with Crippen molar-refractivity contribution in [3.8, 4) is 0 Å². The molecule has 0 N–H and O–H groups in total. The van der Waals surface area contributed by atoms with Crippen LogP contribution in [0.5, 0.6) is 0 Å². The molecule has 0 amide bonds. The Kier molecular flexibility index (Phi) is 5.80. The van der Waals surface area contributed by atoms with Gasteiger partial charge in [0.05, 0.1) is 0 Å². The van der Waals surface area contributed by atoms with Gasteiger partial charge in [0.2, 0.25) is 0 Å². The van der Waals surface area contributed by atoms with Crippen LogP contribution in [0.25, 0.3) is 0 Å². The molecule has 4 atom stereocenters. The van der Waals surface area contributed by atoms with Crippen LogP contribution in [0.15, 0.2) is 42.5 Å². The van der Waals surface area contributed by atoms with E-state index in [1.807, 2.05) is 0 Å². The zero-order valence-electron chi connectivity index (χ0n) is 16.6. The van der Waals surface area contributed by atoms with Crippen LogP contribution in [0, 0.1) is 35.1 Å². The van der Waals surface area contributed by atoms with Gasteiger partial charge in [-0.05, 0) is 90.7 Å². The second-order valence-electron chi connectivity index (χ2n) is 8.45. The second-order valence-corrected chi connectivity index (χ2v) is 8.45. The number of hydrogen-bond acceptors (Lipinski definition) is 0. The van der Waals surface area contributed by atoms with Crippen LogP contribution in [0.1, 0.15) is 67.6 Å². The Bertz CT molecular complexity index is 897. The zero-order chi connectivity index (χ0) is 20.5. The highest BCUT2D eigenvalue weighted by Crippen LogP contribution is 2.54. The molecule has 0 spiro atoms. The number of allylic oxidation sites excluding steroid dienone is 2. The first kappa shape index (κ1) is 20.2. The molecule has 1 saturated carbocycles. The van der Waals surface area contributed by atoms with Crippen LogP contribution in [-0.4, -0.2) is 0 Å². The lowest BCUT2D eigenvalue weighted by Crippen LogP contribution is -2.35. The molecule has 2 aromatic rings. The van der Waals surface area contributed by atoms with Gasteiger partial charge in [0.25, 0.3) is 0 Å². The highest BCUT2D eigenvalue weighted by Gasteiger charge is 2.43. The normalized spacial score (nSPS) is 26.4. The summed E-state index contributed by atoms with van der Waals surface area (Å²) < 4.78 is 56.4. The molecule has 2 aliphatic rings. The molecule has 0 nitrogen and oxygen atoms in total. The minimum absolute atomic E-state index is 0.0103. The molecule has 0 heterocycles. The van der Waals surface area contributed by atoms with E-state index in [9.17, 15) is 17.6 Å². The summed E-state index contributed by atoms with van der Waals surface area (Å²) in [5.41, 5.74) is 2.01. The Morgan fingerprint density at radius 3 is 2.34 bits per heavy atom. The minimum atomic E-state index is -0.577. The smallest absolute Gasteiger partial charge is 0.129 e. The molecule has 4 heteroatoms. The van der Waals surface area contributed by atoms with Gasteiger partial charge in [0.15, 0.2) is 0 Å². The lowest BCUT2D eigenvalue weighted by atomic mass is 9.58. The second kappa shape index (κ2) is 8.33. The first-order valence-corrected chi connectivity index (χ1v) is 10.6. The van der Waals surface area contributed by atoms with Crippen molar-refractivity contribution >= 4 is 0 Å². The average Bonchev–Trinajstić information content (AvgIpc) is 2.66. The van der Waals surface area contributed by atoms with E-state index in [1.54, 1.807) is 0 Å². The van der Waals surface area contributed by atoms with Gasteiger partial charge in [0, 0.05) is 12.1 Å². The van der Waals surface area contributed by atoms with Crippen molar-refractivity contribution in [3.63, 3.8) is 0 Å². The molecule has 2 aliphatic carbocycles. The van der Waals surface area contributed by atoms with Crippen molar-refractivity contribution < 1.29 is 17.6 Å². The summed E-state index contributed by atoms with van der Waals surface area (Å²) in [7, 11) is 0. The molecule has 0 saturated heterocycles. The molecule has 2 aromatic carbocycles. The summed E-state index contributed by atoms with van der Waals surface area (Å²) in [6.07, 6.45) is 9.29. The Labute approximate surface area is 169 Å². The lowest BCUT2D eigenvalue weighted by Gasteiger charge is -2.46. The fraction of sp³-hybridized carbons (Fsp3) is 0.440. The molecule has 0 aliphatic heterocycles. The fourth-order valence-electron chi connectivity index (χ4n) is 5.54. The van der Waals surface area contributed by atoms with E-state index in [4.69, 9.17) is 0 Å². The number of halogens is 4. The number of benzene rings is 2. The monoisotopic (exact) mass is 402 g/mol. The van der Waals surface area contributed by atoms with Crippen LogP contribution in [-0.2, 0) is 6.42 Å². The predicted molar refractivity (Wildman–Crippen MR) is 107 cm³/mol. The predicted octanol–water partition coefficient (Wildman–Crippen LogP) is 7.44. The van der Waals surface area contributed by atoms with Crippen LogP contribution in [0.4, 0.5) is 17.6 Å². The fourth-order valence-corrected chi connectivity index (χ4v) is 5.54. The Morgan fingerprint density at radius 2 is 1.62 bits per heavy atom. The highest BCUT2D eigenvalue weighted by atomic mass is 19.1. The van der Waals surface area contributed by atoms with Gasteiger partial charge in [-0.2, -0.15) is 0 Å². The molecule has 154 valence electrons. The minimum Gasteiger partial charge on any atom is -0.207 e. The van der Waals surface area contributed by atoms with Crippen LogP contribution < -0.4 is 0 Å². The molecular formula is C25H26F4. The van der Waals surface area contributed by atoms with Crippen LogP contribution in [0.2, 0.25) is 0 Å². The van der Waals surface area contributed by atoms with Crippen molar-refractivity contribution in [2.24, 2.45) is 11.8 Å². The third-order valence-corrected chi connectivity index (χ3v) is 6.68. The van der Waals surface area contributed by atoms with Gasteiger partial charge in [-0.1, -0.05) is 25.5 Å². The summed E-state index contributed by atoms with van der Waals surface area (Å²) in [5.74, 6) is -1.96. The van der Waals surface area contributed by atoms with Crippen LogP contribution >= 0.6 is 0 Å². The summed E-state index contributed by atoms with van der Waals surface area (Å²) >= 11 is 0. The molecule has 4 rings (SSSR count). The first-order chi connectivity index (χ1) is 14.0. The number of unbranched alkanes of at least 4 members (excludes halogenated alkanes) is 1. The van der Waals surface area contributed by atoms with Crippen LogP contribution in [0.3, 0.4) is 0 Å². The van der Waals surface area contributed by atoms with Crippen molar-refractivity contribution in [1.29, 1.82) is 0 Å². The topological polar surface area (TPSA) is 0 Å². The van der Waals surface area contributed by atoms with Crippen molar-refractivity contribution in [2.45, 2.75) is 57.3 Å². The standard InChI is InChI=1S/C25H26F4/c1-2-3-4-5-15-6-7-20-22(25(15)16-10-17(26)12-18(27)11-16)9-8-21-23(20)13-19(28)14-24(21)29/h4-5,10-15,20,22,25H,2-3,6-9H2,1H3/b5-4+/t15-,20-,22+,25-/m1/s1. The van der Waals surface area contributed by atoms with Gasteiger partial charge >= 0.3 is 0 Å². The Morgan fingerprint density at radius 1 is 0.897 bits per heavy atom. The van der Waals surface area contributed by atoms with E-state index in [-0.39, 0.29) is 23.7 Å². The van der Waals surface area contributed by atoms with Gasteiger partial charge in [-0.15, -0.1) is 0 Å². The lowest BCUT2D eigenvalue weighted by molar-refractivity contribution is 0.193. The number of rotatable bonds is 4. The first-order valence-electron chi connectivity index (χ1n) is 10.6. The van der Waals surface area contributed by atoms with E-state index >= 15 is 0 Å². The number of hydrogen-bond donors (Lipinski definition) is 0. The van der Waals surface area contributed by atoms with Crippen molar-refractivity contribution in [3.05, 3.63) is 82.4 Å². The zero-order valence-corrected chi connectivity index (χ0v) is 16.6. The van der Waals surface area contributed by atoms with E-state index in [1.165, 1.54) is 18.2 Å². The van der Waals surface area contributed by atoms with E-state index < -0.39 is 23.3 Å². The molecule has 0 aromatic heterocycles. The SMILES string of the molecule is CCC/C=C/[C@@H]1CC[C@H]2c3cc(F)cc(F)c3CC[C@@H]2[C@H]1c1cc(F)cc(F)c1. The third-order valence-electron chi connectivity index (χ3n) is 6.68. The largest absolute Gasteiger partial charge is 0.207 e.